The molecule has 0 saturated carbocycles. The molecule has 2 saturated heterocycles. The number of fused-ring (bicyclic) bond motifs is 1. The molecule has 1 aromatic carbocycles. The van der Waals surface area contributed by atoms with Crippen molar-refractivity contribution in [1.29, 1.82) is 0 Å². The fourth-order valence-corrected chi connectivity index (χ4v) is 6.72. The number of nitrogens with zero attached hydrogens (tertiary/aromatic N) is 3. The summed E-state index contributed by atoms with van der Waals surface area (Å²) < 4.78 is 61.3. The molecule has 2 fully saturated rings. The van der Waals surface area contributed by atoms with Crippen molar-refractivity contribution in [3.8, 4) is 10.7 Å². The summed E-state index contributed by atoms with van der Waals surface area (Å²) in [5.74, 6) is -0.646. The molecule has 0 radical (unpaired) electrons. The van der Waals surface area contributed by atoms with E-state index in [4.69, 9.17) is 4.52 Å². The monoisotopic (exact) mass is 559 g/mol. The van der Waals surface area contributed by atoms with Crippen molar-refractivity contribution in [2.75, 3.05) is 18.4 Å². The number of aliphatic hydroxyl groups is 1. The number of piperidine rings is 1. The van der Waals surface area contributed by atoms with Crippen LogP contribution in [0.25, 0.3) is 20.8 Å². The van der Waals surface area contributed by atoms with Crippen molar-refractivity contribution in [3.63, 3.8) is 0 Å². The zero-order chi connectivity index (χ0) is 26.5. The Labute approximate surface area is 217 Å². The van der Waals surface area contributed by atoms with E-state index in [1.54, 1.807) is 18.2 Å². The summed E-state index contributed by atoms with van der Waals surface area (Å²) in [6.45, 7) is 5.21. The minimum Gasteiger partial charge on any atom is -0.383 e. The van der Waals surface area contributed by atoms with Gasteiger partial charge in [0.1, 0.15) is 18.3 Å². The molecule has 0 spiro atoms. The number of rotatable bonds is 6. The molecular formula is C23H25F4N5O3S2. The Bertz CT molecular complexity index is 1300. The molecule has 37 heavy (non-hydrogen) atoms. The van der Waals surface area contributed by atoms with Crippen molar-refractivity contribution in [2.24, 2.45) is 0 Å². The number of nitrogens with one attached hydrogen (secondary N) is 2. The number of hydrogen-bond acceptors (Lipinski definition) is 9. The maximum atomic E-state index is 14.8. The van der Waals surface area contributed by atoms with Gasteiger partial charge in [-0.1, -0.05) is 17.3 Å². The number of alkyl halides is 4. The topological polar surface area (TPSA) is 104 Å². The molecule has 4 heterocycles. The fraction of sp³-hybridized carbons (Fsp3) is 0.522. The number of carbonyl (C=O) groups is 1. The SMILES string of the molecule is CC(C)N1CC[C@H](F)[C@H](Nc2cccc3c(SC(F)(F)F)c(-c4noc([C@H]5C[C@H](O)C(=O)N5)n4)sc23)C1. The van der Waals surface area contributed by atoms with Crippen LogP contribution in [0.2, 0.25) is 0 Å². The van der Waals surface area contributed by atoms with Crippen molar-refractivity contribution in [2.45, 2.75) is 67.5 Å². The molecule has 8 nitrogen and oxygen atoms in total. The molecule has 4 atom stereocenters. The molecule has 1 amide bonds. The van der Waals surface area contributed by atoms with E-state index in [0.29, 0.717) is 35.3 Å². The van der Waals surface area contributed by atoms with Crippen LogP contribution in [0.15, 0.2) is 27.6 Å². The quantitative estimate of drug-likeness (QED) is 0.295. The standard InChI is InChI=1S/C23H25F4N5O3S2/c1-10(2)32-7-6-12(24)15(9-32)28-13-5-3-4-11-17(13)36-19(18(11)37-23(25,26)27)20-30-22(35-31-20)14-8-16(33)21(34)29-14/h3-5,10,12,14-16,28,33H,6-9H2,1-2H3,(H,29,34)/t12-,14+,15+,16-/m0/s1. The third-order valence-corrected chi connectivity index (χ3v) is 8.76. The number of thioether (sulfide) groups is 1. The van der Waals surface area contributed by atoms with Crippen LogP contribution in [0.1, 0.15) is 38.6 Å². The van der Waals surface area contributed by atoms with Gasteiger partial charge in [0.25, 0.3) is 0 Å². The predicted octanol–water partition coefficient (Wildman–Crippen LogP) is 4.72. The number of amides is 1. The van der Waals surface area contributed by atoms with E-state index in [1.165, 1.54) is 0 Å². The summed E-state index contributed by atoms with van der Waals surface area (Å²) in [6.07, 6.45) is -1.93. The lowest BCUT2D eigenvalue weighted by molar-refractivity contribution is -0.126. The Morgan fingerprint density at radius 1 is 1.35 bits per heavy atom. The zero-order valence-corrected chi connectivity index (χ0v) is 21.5. The fourth-order valence-electron chi connectivity index (χ4n) is 4.62. The summed E-state index contributed by atoms with van der Waals surface area (Å²) in [7, 11) is 0. The molecule has 0 unspecified atom stereocenters. The zero-order valence-electron chi connectivity index (χ0n) is 19.9. The van der Waals surface area contributed by atoms with Crippen LogP contribution in [-0.4, -0.2) is 69.0 Å². The van der Waals surface area contributed by atoms with E-state index in [9.17, 15) is 27.5 Å². The van der Waals surface area contributed by atoms with E-state index in [2.05, 4.69) is 25.7 Å². The highest BCUT2D eigenvalue weighted by Crippen LogP contribution is 2.51. The van der Waals surface area contributed by atoms with Gasteiger partial charge >= 0.3 is 5.51 Å². The molecule has 0 bridgehead atoms. The molecule has 2 aliphatic rings. The first-order valence-electron chi connectivity index (χ1n) is 11.8. The van der Waals surface area contributed by atoms with Crippen LogP contribution in [-0.2, 0) is 4.79 Å². The van der Waals surface area contributed by atoms with Crippen LogP contribution in [0.4, 0.5) is 23.2 Å². The van der Waals surface area contributed by atoms with Gasteiger partial charge in [-0.05, 0) is 38.1 Å². The van der Waals surface area contributed by atoms with Gasteiger partial charge in [-0.15, -0.1) is 11.3 Å². The van der Waals surface area contributed by atoms with Crippen molar-refractivity contribution >= 4 is 44.8 Å². The van der Waals surface area contributed by atoms with Gasteiger partial charge in [-0.25, -0.2) is 4.39 Å². The molecule has 5 rings (SSSR count). The number of thiophene rings is 1. The molecule has 0 aliphatic carbocycles. The Balaban J connectivity index is 1.52. The highest BCUT2D eigenvalue weighted by Gasteiger charge is 2.37. The van der Waals surface area contributed by atoms with Crippen LogP contribution >= 0.6 is 23.1 Å². The number of benzene rings is 1. The Hall–Kier alpha value is -2.42. The van der Waals surface area contributed by atoms with Crippen molar-refractivity contribution in [1.82, 2.24) is 20.4 Å². The second kappa shape index (κ2) is 10.0. The van der Waals surface area contributed by atoms with E-state index in [0.717, 1.165) is 11.3 Å². The van der Waals surface area contributed by atoms with Gasteiger partial charge in [0.05, 0.1) is 21.3 Å². The molecular weight excluding hydrogens is 534 g/mol. The highest BCUT2D eigenvalue weighted by molar-refractivity contribution is 8.00. The third-order valence-electron chi connectivity index (χ3n) is 6.54. The number of halogens is 4. The summed E-state index contributed by atoms with van der Waals surface area (Å²) in [5.41, 5.74) is -4.04. The number of carbonyl (C=O) groups excluding carboxylic acids is 1. The molecule has 200 valence electrons. The van der Waals surface area contributed by atoms with E-state index in [-0.39, 0.29) is 45.7 Å². The highest BCUT2D eigenvalue weighted by atomic mass is 32.2. The first-order chi connectivity index (χ1) is 17.5. The summed E-state index contributed by atoms with van der Waals surface area (Å²) in [4.78, 5) is 18.1. The van der Waals surface area contributed by atoms with Gasteiger partial charge < -0.3 is 20.3 Å². The van der Waals surface area contributed by atoms with Crippen LogP contribution < -0.4 is 10.6 Å². The number of aromatic nitrogens is 2. The molecule has 2 aliphatic heterocycles. The minimum absolute atomic E-state index is 0.00471. The minimum atomic E-state index is -4.58. The normalized spacial score (nSPS) is 25.2. The van der Waals surface area contributed by atoms with Crippen LogP contribution in [0.5, 0.6) is 0 Å². The molecule has 14 heteroatoms. The largest absolute Gasteiger partial charge is 0.446 e. The molecule has 2 aromatic heterocycles. The lowest BCUT2D eigenvalue weighted by Crippen LogP contribution is -2.50. The lowest BCUT2D eigenvalue weighted by atomic mass is 10.0. The third kappa shape index (κ3) is 5.42. The van der Waals surface area contributed by atoms with Crippen LogP contribution in [0.3, 0.4) is 0 Å². The second-order valence-corrected chi connectivity index (χ2v) is 11.5. The number of anilines is 1. The smallest absolute Gasteiger partial charge is 0.383 e. The lowest BCUT2D eigenvalue weighted by Gasteiger charge is -2.38. The Kier molecular flexibility index (Phi) is 7.11. The van der Waals surface area contributed by atoms with Gasteiger partial charge in [0.2, 0.25) is 17.6 Å². The number of hydrogen-bond donors (Lipinski definition) is 3. The first kappa shape index (κ1) is 26.2. The van der Waals surface area contributed by atoms with E-state index >= 15 is 0 Å². The second-order valence-electron chi connectivity index (χ2n) is 9.40. The molecule has 3 aromatic rings. The maximum Gasteiger partial charge on any atom is 0.446 e. The average Bonchev–Trinajstić information content (AvgIpc) is 3.53. The summed E-state index contributed by atoms with van der Waals surface area (Å²) >= 11 is 0.786. The summed E-state index contributed by atoms with van der Waals surface area (Å²) in [5, 5.41) is 19.7. The Morgan fingerprint density at radius 3 is 2.81 bits per heavy atom. The number of likely N-dealkylation sites (tertiary alicyclic amines) is 1. The van der Waals surface area contributed by atoms with Gasteiger partial charge in [-0.2, -0.15) is 18.2 Å². The number of aliphatic hydroxyl groups excluding tert-OH is 1. The summed E-state index contributed by atoms with van der Waals surface area (Å²) in [6, 6.07) is 3.94. The first-order valence-corrected chi connectivity index (χ1v) is 13.4. The Morgan fingerprint density at radius 2 is 2.14 bits per heavy atom. The van der Waals surface area contributed by atoms with Crippen molar-refractivity contribution < 1.29 is 32.0 Å². The van der Waals surface area contributed by atoms with Gasteiger partial charge in [0, 0.05) is 35.8 Å². The van der Waals surface area contributed by atoms with Gasteiger partial charge in [-0.3, -0.25) is 9.69 Å². The van der Waals surface area contributed by atoms with Crippen molar-refractivity contribution in [3.05, 3.63) is 24.1 Å². The van der Waals surface area contributed by atoms with Crippen LogP contribution in [0, 0.1) is 0 Å². The predicted molar refractivity (Wildman–Crippen MR) is 132 cm³/mol. The van der Waals surface area contributed by atoms with E-state index < -0.39 is 35.8 Å². The van der Waals surface area contributed by atoms with E-state index in [1.807, 2.05) is 13.8 Å². The average molecular weight is 560 g/mol. The van der Waals surface area contributed by atoms with Gasteiger partial charge in [0.15, 0.2) is 0 Å². The molecule has 3 N–H and O–H groups in total. The maximum absolute atomic E-state index is 14.8.